The van der Waals surface area contributed by atoms with Crippen LogP contribution in [-0.2, 0) is 6.54 Å². The molecule has 0 unspecified atom stereocenters. The van der Waals surface area contributed by atoms with E-state index in [4.69, 9.17) is 9.47 Å². The molecule has 3 N–H and O–H groups in total. The first-order valence-corrected chi connectivity index (χ1v) is 5.77. The smallest absolute Gasteiger partial charge is 0.165 e. The van der Waals surface area contributed by atoms with Crippen LogP contribution in [0.15, 0.2) is 18.2 Å². The van der Waals surface area contributed by atoms with Crippen LogP contribution in [0.5, 0.6) is 11.5 Å². The van der Waals surface area contributed by atoms with Crippen molar-refractivity contribution in [2.75, 3.05) is 27.4 Å². The third kappa shape index (κ3) is 4.54. The first-order chi connectivity index (χ1) is 8.60. The van der Waals surface area contributed by atoms with Crippen molar-refractivity contribution < 1.29 is 19.7 Å². The zero-order valence-corrected chi connectivity index (χ0v) is 12.3. The van der Waals surface area contributed by atoms with E-state index >= 15 is 0 Å². The van der Waals surface area contributed by atoms with E-state index < -0.39 is 5.54 Å². The number of rotatable bonds is 7. The molecular weight excluding hydrogens is 270 g/mol. The molecular formula is C13H22ClNO4. The molecule has 110 valence electrons. The lowest BCUT2D eigenvalue weighted by Crippen LogP contribution is -2.48. The Morgan fingerprint density at radius 3 is 2.26 bits per heavy atom. The average Bonchev–Trinajstić information content (AvgIpc) is 2.44. The van der Waals surface area contributed by atoms with Gasteiger partial charge in [-0.25, -0.2) is 0 Å². The fraction of sp³-hybridized carbons (Fsp3) is 0.538. The molecule has 0 heterocycles. The van der Waals surface area contributed by atoms with E-state index in [1.807, 2.05) is 18.2 Å². The molecule has 0 aliphatic heterocycles. The molecule has 0 fully saturated rings. The molecule has 0 atom stereocenters. The lowest BCUT2D eigenvalue weighted by atomic mass is 10.0. The van der Waals surface area contributed by atoms with Gasteiger partial charge in [0.15, 0.2) is 11.5 Å². The van der Waals surface area contributed by atoms with E-state index in [2.05, 4.69) is 5.32 Å². The molecule has 1 rings (SSSR count). The van der Waals surface area contributed by atoms with Crippen molar-refractivity contribution in [3.63, 3.8) is 0 Å². The van der Waals surface area contributed by atoms with Crippen LogP contribution in [0.4, 0.5) is 0 Å². The molecule has 0 aliphatic carbocycles. The summed E-state index contributed by atoms with van der Waals surface area (Å²) in [5.74, 6) is 1.32. The second kappa shape index (κ2) is 8.22. The van der Waals surface area contributed by atoms with Gasteiger partial charge >= 0.3 is 0 Å². The summed E-state index contributed by atoms with van der Waals surface area (Å²) in [6.07, 6.45) is 0. The van der Waals surface area contributed by atoms with Gasteiger partial charge in [-0.1, -0.05) is 12.1 Å². The monoisotopic (exact) mass is 291 g/mol. The molecule has 0 bridgehead atoms. The second-order valence-electron chi connectivity index (χ2n) is 4.38. The number of hydrogen-bond acceptors (Lipinski definition) is 5. The fourth-order valence-corrected chi connectivity index (χ4v) is 1.56. The molecule has 0 amide bonds. The van der Waals surface area contributed by atoms with Crippen molar-refractivity contribution in [1.82, 2.24) is 5.32 Å². The molecule has 0 saturated heterocycles. The number of aliphatic hydroxyl groups is 2. The third-order valence-electron chi connectivity index (χ3n) is 2.89. The highest BCUT2D eigenvalue weighted by molar-refractivity contribution is 5.85. The Labute approximate surface area is 120 Å². The van der Waals surface area contributed by atoms with Crippen LogP contribution in [0.1, 0.15) is 12.5 Å². The van der Waals surface area contributed by atoms with Gasteiger partial charge in [-0.2, -0.15) is 0 Å². The van der Waals surface area contributed by atoms with Gasteiger partial charge in [0.2, 0.25) is 0 Å². The Morgan fingerprint density at radius 2 is 1.79 bits per heavy atom. The molecule has 0 radical (unpaired) electrons. The maximum atomic E-state index is 9.21. The van der Waals surface area contributed by atoms with Gasteiger partial charge in [0.05, 0.1) is 33.0 Å². The quantitative estimate of drug-likeness (QED) is 0.698. The number of ether oxygens (including phenoxy) is 2. The van der Waals surface area contributed by atoms with Crippen LogP contribution in [0.2, 0.25) is 0 Å². The molecule has 0 saturated carbocycles. The van der Waals surface area contributed by atoms with Gasteiger partial charge in [0, 0.05) is 12.1 Å². The number of aliphatic hydroxyl groups excluding tert-OH is 2. The van der Waals surface area contributed by atoms with Gasteiger partial charge in [0.1, 0.15) is 0 Å². The van der Waals surface area contributed by atoms with Gasteiger partial charge in [-0.3, -0.25) is 0 Å². The van der Waals surface area contributed by atoms with Crippen molar-refractivity contribution in [2.45, 2.75) is 19.0 Å². The standard InChI is InChI=1S/C13H21NO4.ClH/c1-13(8-15,9-16)14-7-10-5-4-6-11(17-2)12(10)18-3;/h4-6,14-16H,7-9H2,1-3H3;1H. The summed E-state index contributed by atoms with van der Waals surface area (Å²) in [6.45, 7) is 1.93. The average molecular weight is 292 g/mol. The number of benzene rings is 1. The topological polar surface area (TPSA) is 71.0 Å². The lowest BCUT2D eigenvalue weighted by Gasteiger charge is -2.26. The number of methoxy groups -OCH3 is 2. The SMILES string of the molecule is COc1cccc(CNC(C)(CO)CO)c1OC.Cl. The Morgan fingerprint density at radius 1 is 1.16 bits per heavy atom. The summed E-state index contributed by atoms with van der Waals surface area (Å²) in [7, 11) is 3.17. The highest BCUT2D eigenvalue weighted by Gasteiger charge is 2.22. The van der Waals surface area contributed by atoms with Crippen molar-refractivity contribution >= 4 is 12.4 Å². The maximum Gasteiger partial charge on any atom is 0.165 e. The molecule has 1 aromatic carbocycles. The lowest BCUT2D eigenvalue weighted by molar-refractivity contribution is 0.103. The van der Waals surface area contributed by atoms with E-state index in [1.165, 1.54) is 0 Å². The van der Waals surface area contributed by atoms with Crippen molar-refractivity contribution in [3.8, 4) is 11.5 Å². The maximum absolute atomic E-state index is 9.21. The summed E-state index contributed by atoms with van der Waals surface area (Å²) in [5.41, 5.74) is 0.193. The van der Waals surface area contributed by atoms with Crippen LogP contribution < -0.4 is 14.8 Å². The number of para-hydroxylation sites is 1. The molecule has 19 heavy (non-hydrogen) atoms. The van der Waals surface area contributed by atoms with Gasteiger partial charge in [0.25, 0.3) is 0 Å². The molecule has 1 aromatic rings. The Balaban J connectivity index is 0.00000324. The Hall–Kier alpha value is -1.01. The molecule has 0 spiro atoms. The van der Waals surface area contributed by atoms with Gasteiger partial charge in [-0.15, -0.1) is 12.4 Å². The highest BCUT2D eigenvalue weighted by Crippen LogP contribution is 2.30. The Kier molecular flexibility index (Phi) is 7.78. The van der Waals surface area contributed by atoms with Crippen LogP contribution in [-0.4, -0.2) is 43.2 Å². The summed E-state index contributed by atoms with van der Waals surface area (Å²) in [5, 5.41) is 21.5. The van der Waals surface area contributed by atoms with Crippen molar-refractivity contribution in [1.29, 1.82) is 0 Å². The zero-order chi connectivity index (χ0) is 13.6. The molecule has 0 aliphatic rings. The second-order valence-corrected chi connectivity index (χ2v) is 4.38. The minimum Gasteiger partial charge on any atom is -0.493 e. The van der Waals surface area contributed by atoms with E-state index in [1.54, 1.807) is 21.1 Å². The van der Waals surface area contributed by atoms with Crippen LogP contribution >= 0.6 is 12.4 Å². The zero-order valence-electron chi connectivity index (χ0n) is 11.5. The van der Waals surface area contributed by atoms with Crippen molar-refractivity contribution in [2.24, 2.45) is 0 Å². The molecule has 5 nitrogen and oxygen atoms in total. The first-order valence-electron chi connectivity index (χ1n) is 5.77. The molecule has 0 aromatic heterocycles. The summed E-state index contributed by atoms with van der Waals surface area (Å²) < 4.78 is 10.5. The predicted molar refractivity (Wildman–Crippen MR) is 76.2 cm³/mol. The van der Waals surface area contributed by atoms with E-state index in [-0.39, 0.29) is 25.6 Å². The number of halogens is 1. The largest absolute Gasteiger partial charge is 0.493 e. The number of nitrogens with one attached hydrogen (secondary N) is 1. The van der Waals surface area contributed by atoms with Crippen LogP contribution in [0.3, 0.4) is 0 Å². The summed E-state index contributed by atoms with van der Waals surface area (Å²) >= 11 is 0. The highest BCUT2D eigenvalue weighted by atomic mass is 35.5. The minimum absolute atomic E-state index is 0. The Bertz CT molecular complexity index is 383. The van der Waals surface area contributed by atoms with E-state index in [0.717, 1.165) is 5.56 Å². The summed E-state index contributed by atoms with van der Waals surface area (Å²) in [4.78, 5) is 0. The van der Waals surface area contributed by atoms with Gasteiger partial charge in [-0.05, 0) is 13.0 Å². The van der Waals surface area contributed by atoms with Crippen LogP contribution in [0, 0.1) is 0 Å². The van der Waals surface area contributed by atoms with Gasteiger partial charge < -0.3 is 25.0 Å². The molecule has 6 heteroatoms. The van der Waals surface area contributed by atoms with Crippen LogP contribution in [0.25, 0.3) is 0 Å². The number of hydrogen-bond donors (Lipinski definition) is 3. The van der Waals surface area contributed by atoms with E-state index in [9.17, 15) is 10.2 Å². The first kappa shape index (κ1) is 18.0. The third-order valence-corrected chi connectivity index (χ3v) is 2.89. The van der Waals surface area contributed by atoms with Crippen molar-refractivity contribution in [3.05, 3.63) is 23.8 Å². The van der Waals surface area contributed by atoms with E-state index in [0.29, 0.717) is 18.0 Å². The predicted octanol–water partition coefficient (Wildman–Crippen LogP) is 0.958. The summed E-state index contributed by atoms with van der Waals surface area (Å²) in [6, 6.07) is 5.59. The normalized spacial score (nSPS) is 10.8. The fourth-order valence-electron chi connectivity index (χ4n) is 1.56. The minimum atomic E-state index is -0.714.